The SMILES string of the molecule is Cc1nnc(NC(=O)[C@@H]2CCCN(C(=O)c3ccc(F)cc3)C2)s1. The molecule has 6 nitrogen and oxygen atoms in total. The molecule has 1 atom stereocenters. The Bertz CT molecular complexity index is 747. The molecule has 24 heavy (non-hydrogen) atoms. The highest BCUT2D eigenvalue weighted by atomic mass is 32.1. The summed E-state index contributed by atoms with van der Waals surface area (Å²) in [6.45, 7) is 2.76. The standard InChI is InChI=1S/C16H17FN4O2S/c1-10-19-20-16(24-10)18-14(22)12-3-2-8-21(9-12)15(23)11-4-6-13(17)7-5-11/h4-7,12H,2-3,8-9H2,1H3,(H,18,20,22)/t12-/m1/s1. The number of carbonyl (C=O) groups excluding carboxylic acids is 2. The maximum Gasteiger partial charge on any atom is 0.253 e. The Labute approximate surface area is 142 Å². The van der Waals surface area contributed by atoms with Crippen molar-refractivity contribution in [3.8, 4) is 0 Å². The maximum absolute atomic E-state index is 13.0. The van der Waals surface area contributed by atoms with Gasteiger partial charge in [0.2, 0.25) is 11.0 Å². The second kappa shape index (κ2) is 7.04. The number of hydrogen-bond acceptors (Lipinski definition) is 5. The number of nitrogens with zero attached hydrogens (tertiary/aromatic N) is 3. The van der Waals surface area contributed by atoms with Gasteiger partial charge in [-0.1, -0.05) is 11.3 Å². The van der Waals surface area contributed by atoms with Crippen LogP contribution in [0.5, 0.6) is 0 Å². The highest BCUT2D eigenvalue weighted by Gasteiger charge is 2.29. The van der Waals surface area contributed by atoms with E-state index in [1.807, 2.05) is 6.92 Å². The first-order valence-corrected chi connectivity index (χ1v) is 8.50. The van der Waals surface area contributed by atoms with Gasteiger partial charge in [0.05, 0.1) is 5.92 Å². The van der Waals surface area contributed by atoms with Crippen LogP contribution in [0.1, 0.15) is 28.2 Å². The molecule has 0 aliphatic carbocycles. The minimum atomic E-state index is -0.380. The molecular weight excluding hydrogens is 331 g/mol. The first-order valence-electron chi connectivity index (χ1n) is 7.69. The van der Waals surface area contributed by atoms with E-state index in [0.29, 0.717) is 23.8 Å². The lowest BCUT2D eigenvalue weighted by atomic mass is 9.96. The van der Waals surface area contributed by atoms with E-state index >= 15 is 0 Å². The van der Waals surface area contributed by atoms with Crippen LogP contribution >= 0.6 is 11.3 Å². The Balaban J connectivity index is 1.64. The third-order valence-corrected chi connectivity index (χ3v) is 4.68. The van der Waals surface area contributed by atoms with E-state index in [9.17, 15) is 14.0 Å². The minimum absolute atomic E-state index is 0.150. The molecule has 2 heterocycles. The molecule has 0 radical (unpaired) electrons. The topological polar surface area (TPSA) is 75.2 Å². The summed E-state index contributed by atoms with van der Waals surface area (Å²) in [5.41, 5.74) is 0.428. The highest BCUT2D eigenvalue weighted by molar-refractivity contribution is 7.15. The predicted octanol–water partition coefficient (Wildman–Crippen LogP) is 2.48. The number of anilines is 1. The van der Waals surface area contributed by atoms with Crippen LogP contribution in [0.4, 0.5) is 9.52 Å². The van der Waals surface area contributed by atoms with Crippen LogP contribution in [0, 0.1) is 18.7 Å². The number of aromatic nitrogens is 2. The van der Waals surface area contributed by atoms with Crippen molar-refractivity contribution in [2.45, 2.75) is 19.8 Å². The number of likely N-dealkylation sites (tertiary alicyclic amines) is 1. The largest absolute Gasteiger partial charge is 0.338 e. The van der Waals surface area contributed by atoms with E-state index in [4.69, 9.17) is 0 Å². The number of benzene rings is 1. The van der Waals surface area contributed by atoms with Crippen LogP contribution in [0.25, 0.3) is 0 Å². The molecule has 1 N–H and O–H groups in total. The van der Waals surface area contributed by atoms with E-state index < -0.39 is 0 Å². The molecule has 0 spiro atoms. The summed E-state index contributed by atoms with van der Waals surface area (Å²) in [5.74, 6) is -0.996. The number of halogens is 1. The quantitative estimate of drug-likeness (QED) is 0.925. The van der Waals surface area contributed by atoms with Crippen molar-refractivity contribution in [1.29, 1.82) is 0 Å². The summed E-state index contributed by atoms with van der Waals surface area (Å²) < 4.78 is 13.0. The van der Waals surface area contributed by atoms with E-state index in [1.54, 1.807) is 4.90 Å². The smallest absolute Gasteiger partial charge is 0.253 e. The van der Waals surface area contributed by atoms with Crippen LogP contribution in [0.3, 0.4) is 0 Å². The van der Waals surface area contributed by atoms with Crippen LogP contribution in [-0.4, -0.2) is 40.0 Å². The van der Waals surface area contributed by atoms with Gasteiger partial charge in [0, 0.05) is 18.7 Å². The van der Waals surface area contributed by atoms with Crippen molar-refractivity contribution in [2.24, 2.45) is 5.92 Å². The van der Waals surface area contributed by atoms with Gasteiger partial charge in [0.15, 0.2) is 0 Å². The van der Waals surface area contributed by atoms with E-state index in [0.717, 1.165) is 17.8 Å². The van der Waals surface area contributed by atoms with Crippen molar-refractivity contribution < 1.29 is 14.0 Å². The van der Waals surface area contributed by atoms with E-state index in [1.165, 1.54) is 35.6 Å². The molecule has 1 aliphatic rings. The number of amides is 2. The van der Waals surface area contributed by atoms with Crippen LogP contribution in [-0.2, 0) is 4.79 Å². The van der Waals surface area contributed by atoms with Crippen molar-refractivity contribution in [3.05, 3.63) is 40.7 Å². The molecule has 2 amide bonds. The molecule has 126 valence electrons. The van der Waals surface area contributed by atoms with Gasteiger partial charge in [-0.2, -0.15) is 0 Å². The summed E-state index contributed by atoms with van der Waals surface area (Å²) in [6.07, 6.45) is 1.47. The first-order chi connectivity index (χ1) is 11.5. The molecule has 3 rings (SSSR count). The molecular formula is C16H17FN4O2S. The van der Waals surface area contributed by atoms with E-state index in [-0.39, 0.29) is 23.5 Å². The fourth-order valence-corrected chi connectivity index (χ4v) is 3.30. The number of aryl methyl sites for hydroxylation is 1. The second-order valence-electron chi connectivity index (χ2n) is 5.71. The third kappa shape index (κ3) is 3.76. The number of carbonyl (C=O) groups is 2. The molecule has 0 unspecified atom stereocenters. The lowest BCUT2D eigenvalue weighted by molar-refractivity contribution is -0.121. The average Bonchev–Trinajstić information content (AvgIpc) is 3.00. The Morgan fingerprint density at radius 3 is 2.71 bits per heavy atom. The first kappa shape index (κ1) is 16.5. The van der Waals surface area contributed by atoms with E-state index in [2.05, 4.69) is 15.5 Å². The lowest BCUT2D eigenvalue weighted by Gasteiger charge is -2.32. The molecule has 1 fully saturated rings. The zero-order valence-corrected chi connectivity index (χ0v) is 14.0. The Hall–Kier alpha value is -2.35. The zero-order chi connectivity index (χ0) is 17.1. The van der Waals surface area contributed by atoms with Crippen molar-refractivity contribution >= 4 is 28.3 Å². The van der Waals surface area contributed by atoms with Gasteiger partial charge < -0.3 is 10.2 Å². The molecule has 1 aromatic heterocycles. The fraction of sp³-hybridized carbons (Fsp3) is 0.375. The Morgan fingerprint density at radius 2 is 2.04 bits per heavy atom. The normalized spacial score (nSPS) is 17.6. The molecule has 1 saturated heterocycles. The van der Waals surface area contributed by atoms with Crippen LogP contribution < -0.4 is 5.32 Å². The maximum atomic E-state index is 13.0. The van der Waals surface area contributed by atoms with Crippen LogP contribution in [0.15, 0.2) is 24.3 Å². The minimum Gasteiger partial charge on any atom is -0.338 e. The van der Waals surface area contributed by atoms with Gasteiger partial charge in [0.1, 0.15) is 10.8 Å². The number of nitrogens with one attached hydrogen (secondary N) is 1. The fourth-order valence-electron chi connectivity index (χ4n) is 2.71. The predicted molar refractivity (Wildman–Crippen MR) is 88.3 cm³/mol. The van der Waals surface area contributed by atoms with Crippen molar-refractivity contribution in [2.75, 3.05) is 18.4 Å². The van der Waals surface area contributed by atoms with Crippen molar-refractivity contribution in [3.63, 3.8) is 0 Å². The second-order valence-corrected chi connectivity index (χ2v) is 6.89. The highest BCUT2D eigenvalue weighted by Crippen LogP contribution is 2.22. The third-order valence-electron chi connectivity index (χ3n) is 3.93. The van der Waals surface area contributed by atoms with Gasteiger partial charge in [-0.25, -0.2) is 4.39 Å². The van der Waals surface area contributed by atoms with Gasteiger partial charge in [-0.3, -0.25) is 9.59 Å². The zero-order valence-electron chi connectivity index (χ0n) is 13.2. The summed E-state index contributed by atoms with van der Waals surface area (Å²) in [6, 6.07) is 5.45. The number of rotatable bonds is 3. The van der Waals surface area contributed by atoms with Gasteiger partial charge >= 0.3 is 0 Å². The number of piperidine rings is 1. The monoisotopic (exact) mass is 348 g/mol. The molecule has 0 saturated carbocycles. The molecule has 1 aliphatic heterocycles. The van der Waals surface area contributed by atoms with Crippen molar-refractivity contribution in [1.82, 2.24) is 15.1 Å². The molecule has 1 aromatic carbocycles. The van der Waals surface area contributed by atoms with Crippen LogP contribution in [0.2, 0.25) is 0 Å². The average molecular weight is 348 g/mol. The summed E-state index contributed by atoms with van der Waals surface area (Å²) in [5, 5.41) is 11.8. The Morgan fingerprint density at radius 1 is 1.29 bits per heavy atom. The summed E-state index contributed by atoms with van der Waals surface area (Å²) in [4.78, 5) is 26.5. The molecule has 8 heteroatoms. The van der Waals surface area contributed by atoms with Gasteiger partial charge in [0.25, 0.3) is 5.91 Å². The summed E-state index contributed by atoms with van der Waals surface area (Å²) >= 11 is 1.32. The number of hydrogen-bond donors (Lipinski definition) is 1. The lowest BCUT2D eigenvalue weighted by Crippen LogP contribution is -2.43. The van der Waals surface area contributed by atoms with Gasteiger partial charge in [-0.05, 0) is 44.0 Å². The Kier molecular flexibility index (Phi) is 4.84. The molecule has 0 bridgehead atoms. The van der Waals surface area contributed by atoms with Gasteiger partial charge in [-0.15, -0.1) is 10.2 Å². The summed E-state index contributed by atoms with van der Waals surface area (Å²) in [7, 11) is 0. The molecule has 2 aromatic rings.